The van der Waals surface area contributed by atoms with E-state index >= 15 is 0 Å². The molecule has 0 atom stereocenters. The number of likely N-dealkylation sites (N-methyl/N-ethyl adjacent to an activating group) is 6. The van der Waals surface area contributed by atoms with E-state index in [1.54, 1.807) is 24.3 Å². The van der Waals surface area contributed by atoms with Gasteiger partial charge in [0.05, 0.1) is 48.8 Å². The molecule has 0 fully saturated rings. The molecule has 0 saturated carbocycles. The molecular weight excluding hydrogens is 1470 g/mol. The molecule has 38 heteroatoms. The molecule has 0 aliphatic heterocycles. The summed E-state index contributed by atoms with van der Waals surface area (Å²) in [5, 5.41) is 127. The summed E-state index contributed by atoms with van der Waals surface area (Å²) in [6, 6.07) is 14.8. The maximum atomic E-state index is 12.4. The number of carboxylic acid groups (broad SMARTS) is 2. The minimum absolute atomic E-state index is 0. The Bertz CT molecular complexity index is 2350. The second-order valence-electron chi connectivity index (χ2n) is 19.3. The number of carboxylic acids is 2. The van der Waals surface area contributed by atoms with E-state index in [1.807, 2.05) is 80.2 Å². The first-order valence-electron chi connectivity index (χ1n) is 25.8. The van der Waals surface area contributed by atoms with Crippen LogP contribution in [0.4, 0.5) is 0 Å². The number of ether oxygens (including phenoxy) is 4. The number of hydrogen-bond acceptors (Lipinski definition) is 30. The van der Waals surface area contributed by atoms with Gasteiger partial charge >= 0.3 is 65.7 Å². The van der Waals surface area contributed by atoms with Gasteiger partial charge in [0.1, 0.15) is 23.0 Å². The van der Waals surface area contributed by atoms with Crippen LogP contribution in [0, 0.1) is 89.0 Å². The fourth-order valence-corrected chi connectivity index (χ4v) is 7.40. The van der Waals surface area contributed by atoms with E-state index in [1.165, 1.54) is 28.4 Å². The van der Waals surface area contributed by atoms with Gasteiger partial charge in [-0.25, -0.2) is 0 Å². The van der Waals surface area contributed by atoms with Gasteiger partial charge in [-0.15, -0.1) is 0 Å². The molecule has 0 saturated heterocycles. The summed E-state index contributed by atoms with van der Waals surface area (Å²) >= 11 is 0. The number of carbonyl (C=O) groups is 2. The van der Waals surface area contributed by atoms with E-state index in [2.05, 4.69) is 43.5 Å². The fraction of sp³-hybridized carbons (Fsp3) is 0.519. The molecule has 0 aromatic heterocycles. The van der Waals surface area contributed by atoms with Gasteiger partial charge in [0.2, 0.25) is 0 Å². The minimum Gasteiger partial charge on any atom is -0.870 e. The molecule has 0 aliphatic carbocycles. The Morgan fingerprint density at radius 3 is 0.609 bits per heavy atom. The number of benzene rings is 4. The first-order valence-corrected chi connectivity index (χ1v) is 25.8. The van der Waals surface area contributed by atoms with Gasteiger partial charge < -0.3 is 150 Å². The molecule has 0 bridgehead atoms. The third-order valence-electron chi connectivity index (χ3n) is 11.2. The number of carbonyl (C=O) groups excluding carboxylic acids is 2. The van der Waals surface area contributed by atoms with Gasteiger partial charge in [-0.3, -0.25) is 0 Å². The minimum atomic E-state index is -1.75. The Labute approximate surface area is 605 Å². The van der Waals surface area contributed by atoms with E-state index in [0.29, 0.717) is 49.2 Å². The van der Waals surface area contributed by atoms with E-state index in [0.717, 1.165) is 111 Å². The predicted molar refractivity (Wildman–Crippen MR) is 312 cm³/mol. The molecule has 4 aromatic carbocycles. The van der Waals surface area contributed by atoms with Crippen molar-refractivity contribution in [1.29, 1.82) is 0 Å². The number of aryl methyl sites for hydroxylation is 4. The summed E-state index contributed by atoms with van der Waals surface area (Å²) in [5.74, 6) is -0.698. The molecule has 0 amide bonds. The number of aliphatic carboxylic acids is 2. The van der Waals surface area contributed by atoms with Gasteiger partial charge in [0, 0.05) is 123 Å². The average molecular weight is 1550 g/mol. The molecule has 2 radical (unpaired) electrons. The maximum absolute atomic E-state index is 12.4. The van der Waals surface area contributed by atoms with Gasteiger partial charge in [-0.2, -0.15) is 0 Å². The van der Waals surface area contributed by atoms with Crippen LogP contribution in [0.25, 0.3) is 0 Å². The number of nitrogens with zero attached hydrogens (tertiary/aromatic N) is 10. The van der Waals surface area contributed by atoms with Crippen molar-refractivity contribution in [2.24, 2.45) is 0 Å². The largest absolute Gasteiger partial charge is 3.00 e. The first-order chi connectivity index (χ1) is 40.7. The smallest absolute Gasteiger partial charge is 0.870 e. The van der Waals surface area contributed by atoms with Crippen molar-refractivity contribution in [3.05, 3.63) is 154 Å². The van der Waals surface area contributed by atoms with Gasteiger partial charge in [0.15, 0.2) is 0 Å². The predicted octanol–water partition coefficient (Wildman–Crippen LogP) is 0.473. The van der Waals surface area contributed by atoms with Crippen molar-refractivity contribution < 1.29 is 178 Å². The summed E-state index contributed by atoms with van der Waals surface area (Å²) in [7, 11) is 18.4. The molecule has 92 heavy (non-hydrogen) atoms. The maximum Gasteiger partial charge on any atom is 3.00 e. The molecule has 0 spiro atoms. The third kappa shape index (κ3) is 55.6. The van der Waals surface area contributed by atoms with Crippen molar-refractivity contribution in [1.82, 2.24) is 29.4 Å². The standard InChI is InChI=1S/2C25H39N3O4.2C2H4O2.4NO3.2Ni.2Y/c2*1-18-12-20(24(29)22(14-18)31-6)16-27(4)10-8-26(3)9-11-28(5)17-21-13-19(2)15-23(32-7)25(21)30;2*1-2(3)4;4*2-1(3)4;;;;/h2*12-15,29-30H,8-11,16-17H2,1-7H3;2*1H3,(H,3,4);;;;;;;;/q;;;;4*-1;+2;+3;;+3/p-6. The second-order valence-corrected chi connectivity index (χ2v) is 19.3. The number of hydrogen-bond donors (Lipinski definition) is 0. The first kappa shape index (κ1) is 102. The van der Waals surface area contributed by atoms with Crippen LogP contribution in [0.2, 0.25) is 0 Å². The van der Waals surface area contributed by atoms with Crippen LogP contribution in [-0.4, -0.2) is 185 Å². The second kappa shape index (κ2) is 57.6. The summed E-state index contributed by atoms with van der Waals surface area (Å²) in [5.41, 5.74) is 7.13. The quantitative estimate of drug-likeness (QED) is 0.0523. The monoisotopic (exact) mass is 1550 g/mol. The SMILES string of the molecule is CC(=O)[O-].CC(=O)[O-].COc1cc(C)cc(CN(C)CCN(C)CCN(C)Cc2cc(C)cc(OC)c2[O-])c1[O-].COc1cc(C)cc(CN(C)CCN(C)CCN(C)Cc2cc(C)cc(OC)c2[O-])c1[O-].O=[N+]([O-])[O-].O=[N+]([O-])[O-].O=[N+]([O-])[O-].O=[N+]([O-])[O-].[Ni+2].[Ni+3].[Y+3].[Y]. The Hall–Kier alpha value is -6.03. The molecule has 0 unspecified atom stereocenters. The zero-order valence-corrected chi connectivity index (χ0v) is 61.8. The third-order valence-corrected chi connectivity index (χ3v) is 11.2. The molecule has 0 aliphatic rings. The summed E-state index contributed by atoms with van der Waals surface area (Å²) in [6.45, 7) is 19.1. The Balaban J connectivity index is -0.000000183. The average Bonchev–Trinajstić information content (AvgIpc) is 1.34. The van der Waals surface area contributed by atoms with Crippen LogP contribution in [0.1, 0.15) is 58.4 Å². The van der Waals surface area contributed by atoms with Gasteiger partial charge in [0.25, 0.3) is 0 Å². The van der Waals surface area contributed by atoms with Gasteiger partial charge in [-0.1, -0.05) is 47.3 Å². The van der Waals surface area contributed by atoms with Crippen LogP contribution in [0.3, 0.4) is 0 Å². The van der Waals surface area contributed by atoms with Crippen LogP contribution in [0.15, 0.2) is 48.5 Å². The van der Waals surface area contributed by atoms with Crippen molar-refractivity contribution >= 4 is 11.9 Å². The van der Waals surface area contributed by atoms with E-state index < -0.39 is 32.3 Å². The molecule has 518 valence electrons. The van der Waals surface area contributed by atoms with Crippen LogP contribution >= 0.6 is 0 Å². The van der Waals surface area contributed by atoms with E-state index in [-0.39, 0.29) is 121 Å². The summed E-state index contributed by atoms with van der Waals surface area (Å²) in [4.78, 5) is 63.9. The summed E-state index contributed by atoms with van der Waals surface area (Å²) < 4.78 is 20.8. The van der Waals surface area contributed by atoms with Crippen LogP contribution in [0.5, 0.6) is 46.0 Å². The molecule has 4 rings (SSSR count). The van der Waals surface area contributed by atoms with Crippen molar-refractivity contribution in [3.63, 3.8) is 0 Å². The van der Waals surface area contributed by atoms with Crippen molar-refractivity contribution in [2.45, 2.75) is 67.7 Å². The van der Waals surface area contributed by atoms with Crippen LogP contribution in [-0.2, 0) is 134 Å². The molecule has 0 N–H and O–H groups in total. The zero-order chi connectivity index (χ0) is 69.1. The van der Waals surface area contributed by atoms with E-state index in [4.69, 9.17) is 100 Å². The molecule has 4 aromatic rings. The number of methoxy groups -OCH3 is 4. The summed E-state index contributed by atoms with van der Waals surface area (Å²) in [6.07, 6.45) is 0. The van der Waals surface area contributed by atoms with E-state index in [9.17, 15) is 20.4 Å². The Morgan fingerprint density at radius 1 is 0.370 bits per heavy atom. The number of rotatable bonds is 24. The molecular formula is C54H80N10Ni2O24Y2-2. The normalized spacial score (nSPS) is 9.63. The topological polar surface area (TPSA) is 494 Å². The molecule has 34 nitrogen and oxygen atoms in total. The van der Waals surface area contributed by atoms with Crippen molar-refractivity contribution in [3.8, 4) is 46.0 Å². The zero-order valence-electron chi connectivity index (χ0n) is 54.2. The Morgan fingerprint density at radius 2 is 0.489 bits per heavy atom. The van der Waals surface area contributed by atoms with Gasteiger partial charge in [-0.05, 0) is 153 Å². The Kier molecular flexibility index (Phi) is 64.0. The van der Waals surface area contributed by atoms with Crippen molar-refractivity contribution in [2.75, 3.05) is 123 Å². The van der Waals surface area contributed by atoms with Crippen LogP contribution < -0.4 is 49.6 Å². The molecule has 0 heterocycles. The fourth-order valence-electron chi connectivity index (χ4n) is 7.40.